The molecule has 2 aromatic rings. The highest BCUT2D eigenvalue weighted by Gasteiger charge is 2.06. The van der Waals surface area contributed by atoms with Crippen LogP contribution in [0.25, 0.3) is 5.69 Å². The Morgan fingerprint density at radius 3 is 2.71 bits per heavy atom. The Bertz CT molecular complexity index is 602. The molecule has 0 bridgehead atoms. The van der Waals surface area contributed by atoms with E-state index in [9.17, 15) is 0 Å². The number of nitrogens with one attached hydrogen (secondary N) is 2. The summed E-state index contributed by atoms with van der Waals surface area (Å²) in [5.74, 6) is 1.54. The molecule has 0 saturated carbocycles. The molecule has 0 radical (unpaired) electrons. The second kappa shape index (κ2) is 11.8. The van der Waals surface area contributed by atoms with Gasteiger partial charge in [0.2, 0.25) is 0 Å². The van der Waals surface area contributed by atoms with Crippen LogP contribution >= 0.6 is 24.0 Å². The average molecular weight is 444 g/mol. The fraction of sp³-hybridized carbons (Fsp3) is 0.438. The summed E-state index contributed by atoms with van der Waals surface area (Å²) >= 11 is 0. The van der Waals surface area contributed by atoms with Crippen LogP contribution in [0, 0.1) is 0 Å². The summed E-state index contributed by atoms with van der Waals surface area (Å²) in [6.45, 7) is 7.34. The summed E-state index contributed by atoms with van der Waals surface area (Å²) in [5, 5.41) is 14.6. The molecule has 0 fully saturated rings. The maximum atomic E-state index is 5.32. The van der Waals surface area contributed by atoms with Crippen LogP contribution in [0.3, 0.4) is 0 Å². The molecule has 24 heavy (non-hydrogen) atoms. The van der Waals surface area contributed by atoms with E-state index in [-0.39, 0.29) is 24.0 Å². The highest BCUT2D eigenvalue weighted by molar-refractivity contribution is 14.0. The number of nitrogens with zero attached hydrogens (tertiary/aromatic N) is 4. The summed E-state index contributed by atoms with van der Waals surface area (Å²) in [6.07, 6.45) is 1.70. The van der Waals surface area contributed by atoms with Gasteiger partial charge < -0.3 is 15.4 Å². The molecule has 0 unspecified atom stereocenters. The standard InChI is InChI=1S/C16H24N6O.HI/c1-3-17-16(18-10-11-23-4-2)19-12-15-21-20-13-22(15)14-8-6-5-7-9-14;/h5-9,13H,3-4,10-12H2,1-2H3,(H2,17,18,19);1H. The quantitative estimate of drug-likeness (QED) is 0.282. The third kappa shape index (κ3) is 6.44. The van der Waals surface area contributed by atoms with Crippen LogP contribution in [0.5, 0.6) is 0 Å². The first-order valence-electron chi connectivity index (χ1n) is 7.89. The molecule has 1 heterocycles. The fourth-order valence-corrected chi connectivity index (χ4v) is 2.05. The lowest BCUT2D eigenvalue weighted by atomic mass is 10.3. The van der Waals surface area contributed by atoms with Crippen molar-refractivity contribution in [2.24, 2.45) is 4.99 Å². The van der Waals surface area contributed by atoms with Crippen LogP contribution in [-0.4, -0.2) is 47.0 Å². The highest BCUT2D eigenvalue weighted by atomic mass is 127. The number of aromatic nitrogens is 3. The predicted octanol–water partition coefficient (Wildman–Crippen LogP) is 1.98. The SMILES string of the molecule is CCNC(=NCc1nncn1-c1ccccc1)NCCOCC.I. The summed E-state index contributed by atoms with van der Waals surface area (Å²) in [6, 6.07) is 9.99. The summed E-state index contributed by atoms with van der Waals surface area (Å²) in [5.41, 5.74) is 1.03. The molecule has 0 saturated heterocycles. The van der Waals surface area contributed by atoms with E-state index in [2.05, 4.69) is 25.8 Å². The minimum absolute atomic E-state index is 0. The Morgan fingerprint density at radius 2 is 2.00 bits per heavy atom. The van der Waals surface area contributed by atoms with Gasteiger partial charge in [0.25, 0.3) is 0 Å². The normalized spacial score (nSPS) is 11.0. The Kier molecular flexibility index (Phi) is 10.0. The molecule has 0 aliphatic rings. The van der Waals surface area contributed by atoms with Gasteiger partial charge in [0.05, 0.1) is 6.61 Å². The van der Waals surface area contributed by atoms with Crippen LogP contribution in [0.4, 0.5) is 0 Å². The number of hydrogen-bond donors (Lipinski definition) is 2. The molecule has 0 aliphatic carbocycles. The zero-order chi connectivity index (χ0) is 16.3. The van der Waals surface area contributed by atoms with Crippen molar-refractivity contribution in [2.45, 2.75) is 20.4 Å². The smallest absolute Gasteiger partial charge is 0.191 e. The molecule has 0 spiro atoms. The average Bonchev–Trinajstić information content (AvgIpc) is 3.06. The molecule has 0 atom stereocenters. The topological polar surface area (TPSA) is 76.4 Å². The second-order valence-corrected chi connectivity index (χ2v) is 4.77. The third-order valence-electron chi connectivity index (χ3n) is 3.12. The molecule has 0 aliphatic heterocycles. The lowest BCUT2D eigenvalue weighted by Gasteiger charge is -2.11. The first-order chi connectivity index (χ1) is 11.3. The first-order valence-corrected chi connectivity index (χ1v) is 7.89. The van der Waals surface area contributed by atoms with Gasteiger partial charge in [0, 0.05) is 25.4 Å². The van der Waals surface area contributed by atoms with Crippen LogP contribution in [0.1, 0.15) is 19.7 Å². The summed E-state index contributed by atoms with van der Waals surface area (Å²) in [4.78, 5) is 4.56. The van der Waals surface area contributed by atoms with Crippen molar-refractivity contribution >= 4 is 29.9 Å². The number of ether oxygens (including phenoxy) is 1. The monoisotopic (exact) mass is 444 g/mol. The van der Waals surface area contributed by atoms with E-state index >= 15 is 0 Å². The van der Waals surface area contributed by atoms with Gasteiger partial charge in [-0.25, -0.2) is 4.99 Å². The van der Waals surface area contributed by atoms with E-state index in [4.69, 9.17) is 4.74 Å². The Hall–Kier alpha value is -1.68. The van der Waals surface area contributed by atoms with E-state index in [0.717, 1.165) is 30.6 Å². The van der Waals surface area contributed by atoms with E-state index in [1.165, 1.54) is 0 Å². The minimum Gasteiger partial charge on any atom is -0.380 e. The van der Waals surface area contributed by atoms with Crippen molar-refractivity contribution in [3.05, 3.63) is 42.5 Å². The van der Waals surface area contributed by atoms with Crippen molar-refractivity contribution in [3.8, 4) is 5.69 Å². The number of halogens is 1. The van der Waals surface area contributed by atoms with Gasteiger partial charge in [0.15, 0.2) is 11.8 Å². The first kappa shape index (κ1) is 20.4. The Morgan fingerprint density at radius 1 is 1.21 bits per heavy atom. The predicted molar refractivity (Wildman–Crippen MR) is 106 cm³/mol. The van der Waals surface area contributed by atoms with Gasteiger partial charge in [-0.3, -0.25) is 4.57 Å². The van der Waals surface area contributed by atoms with Crippen LogP contribution in [-0.2, 0) is 11.3 Å². The van der Waals surface area contributed by atoms with E-state index in [1.54, 1.807) is 6.33 Å². The molecule has 132 valence electrons. The van der Waals surface area contributed by atoms with Crippen molar-refractivity contribution in [1.29, 1.82) is 0 Å². The molecule has 8 heteroatoms. The molecular formula is C16H25IN6O. The van der Waals surface area contributed by atoms with Gasteiger partial charge in [-0.1, -0.05) is 18.2 Å². The number of aliphatic imine (C=N–C) groups is 1. The zero-order valence-electron chi connectivity index (χ0n) is 14.1. The fourth-order valence-electron chi connectivity index (χ4n) is 2.05. The van der Waals surface area contributed by atoms with Crippen molar-refractivity contribution in [1.82, 2.24) is 25.4 Å². The van der Waals surface area contributed by atoms with Gasteiger partial charge >= 0.3 is 0 Å². The number of rotatable bonds is 8. The van der Waals surface area contributed by atoms with Crippen molar-refractivity contribution in [2.75, 3.05) is 26.3 Å². The van der Waals surface area contributed by atoms with Crippen molar-refractivity contribution in [3.63, 3.8) is 0 Å². The van der Waals surface area contributed by atoms with Gasteiger partial charge in [-0.15, -0.1) is 34.2 Å². The van der Waals surface area contributed by atoms with Gasteiger partial charge in [-0.05, 0) is 26.0 Å². The van der Waals surface area contributed by atoms with Crippen LogP contribution < -0.4 is 10.6 Å². The van der Waals surface area contributed by atoms with Crippen molar-refractivity contribution < 1.29 is 4.74 Å². The number of benzene rings is 1. The summed E-state index contributed by atoms with van der Waals surface area (Å²) < 4.78 is 7.26. The molecule has 1 aromatic heterocycles. The maximum Gasteiger partial charge on any atom is 0.191 e. The number of hydrogen-bond acceptors (Lipinski definition) is 4. The molecule has 7 nitrogen and oxygen atoms in total. The Balaban J connectivity index is 0.00000288. The summed E-state index contributed by atoms with van der Waals surface area (Å²) in [7, 11) is 0. The minimum atomic E-state index is 0. The third-order valence-corrected chi connectivity index (χ3v) is 3.12. The largest absolute Gasteiger partial charge is 0.380 e. The lowest BCUT2D eigenvalue weighted by Crippen LogP contribution is -2.39. The van der Waals surface area contributed by atoms with Crippen LogP contribution in [0.15, 0.2) is 41.7 Å². The number of para-hydroxylation sites is 1. The molecule has 2 N–H and O–H groups in total. The number of guanidine groups is 1. The van der Waals surface area contributed by atoms with Gasteiger partial charge in [-0.2, -0.15) is 0 Å². The lowest BCUT2D eigenvalue weighted by molar-refractivity contribution is 0.152. The molecule has 0 amide bonds. The van der Waals surface area contributed by atoms with E-state index in [0.29, 0.717) is 19.7 Å². The molecule has 1 aromatic carbocycles. The molecular weight excluding hydrogens is 419 g/mol. The second-order valence-electron chi connectivity index (χ2n) is 4.77. The maximum absolute atomic E-state index is 5.32. The highest BCUT2D eigenvalue weighted by Crippen LogP contribution is 2.09. The molecule has 2 rings (SSSR count). The van der Waals surface area contributed by atoms with Crippen LogP contribution in [0.2, 0.25) is 0 Å². The van der Waals surface area contributed by atoms with E-state index < -0.39 is 0 Å². The van der Waals surface area contributed by atoms with Gasteiger partial charge in [0.1, 0.15) is 12.9 Å². The zero-order valence-corrected chi connectivity index (χ0v) is 16.4. The Labute approximate surface area is 159 Å². The van der Waals surface area contributed by atoms with E-state index in [1.807, 2.05) is 48.7 Å².